The Balaban J connectivity index is 1.83. The molecule has 1 atom stereocenters. The van der Waals surface area contributed by atoms with Gasteiger partial charge in [-0.1, -0.05) is 13.3 Å². The van der Waals surface area contributed by atoms with Crippen molar-refractivity contribution in [2.24, 2.45) is 0 Å². The van der Waals surface area contributed by atoms with E-state index in [1.807, 2.05) is 12.1 Å². The van der Waals surface area contributed by atoms with Gasteiger partial charge >= 0.3 is 0 Å². The first-order chi connectivity index (χ1) is 10.2. The van der Waals surface area contributed by atoms with Gasteiger partial charge in [0.2, 0.25) is 5.91 Å². The quantitative estimate of drug-likeness (QED) is 0.786. The van der Waals surface area contributed by atoms with Gasteiger partial charge in [-0.3, -0.25) is 9.59 Å². The van der Waals surface area contributed by atoms with Gasteiger partial charge < -0.3 is 15.4 Å². The van der Waals surface area contributed by atoms with Crippen molar-refractivity contribution in [2.75, 3.05) is 13.2 Å². The summed E-state index contributed by atoms with van der Waals surface area (Å²) in [6.07, 6.45) is 3.28. The Morgan fingerprint density at radius 2 is 2.14 bits per heavy atom. The van der Waals surface area contributed by atoms with E-state index in [4.69, 9.17) is 4.74 Å². The van der Waals surface area contributed by atoms with Crippen molar-refractivity contribution in [3.8, 4) is 5.75 Å². The van der Waals surface area contributed by atoms with Gasteiger partial charge in [0.05, 0.1) is 6.61 Å². The van der Waals surface area contributed by atoms with E-state index in [0.29, 0.717) is 31.6 Å². The molecular weight excluding hydrogens is 268 g/mol. The van der Waals surface area contributed by atoms with Crippen molar-refractivity contribution < 1.29 is 14.3 Å². The van der Waals surface area contributed by atoms with Crippen LogP contribution in [-0.2, 0) is 4.79 Å². The van der Waals surface area contributed by atoms with Gasteiger partial charge in [-0.15, -0.1) is 0 Å². The number of carbonyl (C=O) groups excluding carboxylic acids is 2. The second kappa shape index (κ2) is 7.67. The van der Waals surface area contributed by atoms with Crippen LogP contribution in [0.15, 0.2) is 24.3 Å². The molecule has 1 aromatic rings. The van der Waals surface area contributed by atoms with Gasteiger partial charge in [-0.25, -0.2) is 0 Å². The number of hydrogen-bond donors (Lipinski definition) is 2. The van der Waals surface area contributed by atoms with E-state index in [-0.39, 0.29) is 17.9 Å². The second-order valence-electron chi connectivity index (χ2n) is 5.24. The molecule has 1 saturated heterocycles. The summed E-state index contributed by atoms with van der Waals surface area (Å²) < 4.78 is 5.56. The number of unbranched alkanes of at least 4 members (excludes halogenated alkanes) is 1. The number of carbonyl (C=O) groups is 2. The van der Waals surface area contributed by atoms with Crippen LogP contribution in [0.25, 0.3) is 0 Å². The molecule has 21 heavy (non-hydrogen) atoms. The van der Waals surface area contributed by atoms with Crippen molar-refractivity contribution in [1.82, 2.24) is 10.6 Å². The maximum atomic E-state index is 12.1. The molecule has 2 N–H and O–H groups in total. The molecule has 0 bridgehead atoms. The normalized spacial score (nSPS) is 18.0. The van der Waals surface area contributed by atoms with Crippen LogP contribution < -0.4 is 15.4 Å². The highest BCUT2D eigenvalue weighted by Crippen LogP contribution is 2.13. The summed E-state index contributed by atoms with van der Waals surface area (Å²) in [6, 6.07) is 7.16. The van der Waals surface area contributed by atoms with Gasteiger partial charge in [0.1, 0.15) is 5.75 Å². The zero-order valence-corrected chi connectivity index (χ0v) is 12.4. The maximum absolute atomic E-state index is 12.1. The Bertz CT molecular complexity index is 475. The molecule has 1 heterocycles. The molecule has 1 aliphatic heterocycles. The average molecular weight is 290 g/mol. The Hall–Kier alpha value is -2.04. The third-order valence-electron chi connectivity index (χ3n) is 3.48. The lowest BCUT2D eigenvalue weighted by Crippen LogP contribution is -2.47. The predicted octanol–water partition coefficient (Wildman–Crippen LogP) is 1.87. The minimum atomic E-state index is -0.115. The molecule has 1 fully saturated rings. The average Bonchev–Trinajstić information content (AvgIpc) is 2.50. The molecule has 0 radical (unpaired) electrons. The zero-order valence-electron chi connectivity index (χ0n) is 12.4. The minimum Gasteiger partial charge on any atom is -0.494 e. The fourth-order valence-corrected chi connectivity index (χ4v) is 2.16. The molecule has 2 rings (SSSR count). The number of piperidine rings is 1. The monoisotopic (exact) mass is 290 g/mol. The molecule has 1 aromatic carbocycles. The standard InChI is InChI=1S/C16H22N2O3/c1-2-3-10-21-14-7-4-12(5-8-14)16(20)18-13-6-9-15(19)17-11-13/h4-5,7-8,13H,2-3,6,9-11H2,1H3,(H,17,19)(H,18,20). The van der Waals surface area contributed by atoms with Crippen molar-refractivity contribution in [2.45, 2.75) is 38.6 Å². The van der Waals surface area contributed by atoms with Crippen LogP contribution in [-0.4, -0.2) is 31.0 Å². The highest BCUT2D eigenvalue weighted by Gasteiger charge is 2.20. The lowest BCUT2D eigenvalue weighted by atomic mass is 10.1. The first kappa shape index (κ1) is 15.4. The predicted molar refractivity (Wildman–Crippen MR) is 80.3 cm³/mol. The van der Waals surface area contributed by atoms with Crippen LogP contribution in [0.2, 0.25) is 0 Å². The van der Waals surface area contributed by atoms with E-state index < -0.39 is 0 Å². The Morgan fingerprint density at radius 1 is 1.38 bits per heavy atom. The van der Waals surface area contributed by atoms with Crippen molar-refractivity contribution in [3.05, 3.63) is 29.8 Å². The summed E-state index contributed by atoms with van der Waals surface area (Å²) in [4.78, 5) is 23.2. The van der Waals surface area contributed by atoms with E-state index in [1.54, 1.807) is 12.1 Å². The van der Waals surface area contributed by atoms with Gasteiger partial charge in [0.15, 0.2) is 0 Å². The molecule has 5 heteroatoms. The molecule has 1 unspecified atom stereocenters. The van der Waals surface area contributed by atoms with Crippen molar-refractivity contribution >= 4 is 11.8 Å². The van der Waals surface area contributed by atoms with Crippen LogP contribution in [0.4, 0.5) is 0 Å². The largest absolute Gasteiger partial charge is 0.494 e. The molecule has 0 saturated carbocycles. The van der Waals surface area contributed by atoms with Gasteiger partial charge in [-0.05, 0) is 37.1 Å². The second-order valence-corrected chi connectivity index (χ2v) is 5.24. The van der Waals surface area contributed by atoms with E-state index in [0.717, 1.165) is 18.6 Å². The Kier molecular flexibility index (Phi) is 5.60. The van der Waals surface area contributed by atoms with Gasteiger partial charge in [-0.2, -0.15) is 0 Å². The third-order valence-corrected chi connectivity index (χ3v) is 3.48. The fourth-order valence-electron chi connectivity index (χ4n) is 2.16. The van der Waals surface area contributed by atoms with Crippen LogP contribution in [0, 0.1) is 0 Å². The van der Waals surface area contributed by atoms with Crippen molar-refractivity contribution in [3.63, 3.8) is 0 Å². The molecule has 1 aliphatic rings. The Morgan fingerprint density at radius 3 is 2.76 bits per heavy atom. The number of hydrogen-bond acceptors (Lipinski definition) is 3. The zero-order chi connectivity index (χ0) is 15.1. The molecule has 0 spiro atoms. The topological polar surface area (TPSA) is 67.4 Å². The summed E-state index contributed by atoms with van der Waals surface area (Å²) in [5.41, 5.74) is 0.606. The van der Waals surface area contributed by atoms with E-state index in [2.05, 4.69) is 17.6 Å². The first-order valence-electron chi connectivity index (χ1n) is 7.49. The SMILES string of the molecule is CCCCOc1ccc(C(=O)NC2CCC(=O)NC2)cc1. The van der Waals surface area contributed by atoms with E-state index in [1.165, 1.54) is 0 Å². The number of nitrogens with one attached hydrogen (secondary N) is 2. The van der Waals surface area contributed by atoms with E-state index >= 15 is 0 Å². The summed E-state index contributed by atoms with van der Waals surface area (Å²) in [5.74, 6) is 0.718. The van der Waals surface area contributed by atoms with E-state index in [9.17, 15) is 9.59 Å². The molecule has 2 amide bonds. The lowest BCUT2D eigenvalue weighted by molar-refractivity contribution is -0.122. The van der Waals surface area contributed by atoms with Crippen LogP contribution in [0.3, 0.4) is 0 Å². The number of ether oxygens (including phenoxy) is 1. The molecule has 0 aliphatic carbocycles. The summed E-state index contributed by atoms with van der Waals surface area (Å²) >= 11 is 0. The summed E-state index contributed by atoms with van der Waals surface area (Å²) in [6.45, 7) is 3.32. The number of rotatable bonds is 6. The number of amides is 2. The maximum Gasteiger partial charge on any atom is 0.251 e. The number of benzene rings is 1. The van der Waals surface area contributed by atoms with Crippen LogP contribution in [0.1, 0.15) is 43.0 Å². The van der Waals surface area contributed by atoms with Gasteiger partial charge in [0, 0.05) is 24.6 Å². The molecular formula is C16H22N2O3. The van der Waals surface area contributed by atoms with Crippen molar-refractivity contribution in [1.29, 1.82) is 0 Å². The van der Waals surface area contributed by atoms with Crippen LogP contribution >= 0.6 is 0 Å². The molecule has 0 aromatic heterocycles. The molecule has 5 nitrogen and oxygen atoms in total. The molecule has 114 valence electrons. The highest BCUT2D eigenvalue weighted by atomic mass is 16.5. The summed E-state index contributed by atoms with van der Waals surface area (Å²) in [5, 5.41) is 5.69. The lowest BCUT2D eigenvalue weighted by Gasteiger charge is -2.23. The fraction of sp³-hybridized carbons (Fsp3) is 0.500. The first-order valence-corrected chi connectivity index (χ1v) is 7.49. The minimum absolute atomic E-state index is 0.00989. The summed E-state index contributed by atoms with van der Waals surface area (Å²) in [7, 11) is 0. The smallest absolute Gasteiger partial charge is 0.251 e. The Labute approximate surface area is 125 Å². The third kappa shape index (κ3) is 4.77. The highest BCUT2D eigenvalue weighted by molar-refractivity contribution is 5.94. The van der Waals surface area contributed by atoms with Crippen LogP contribution in [0.5, 0.6) is 5.75 Å². The van der Waals surface area contributed by atoms with Gasteiger partial charge in [0.25, 0.3) is 5.91 Å².